The first-order valence-corrected chi connectivity index (χ1v) is 15.9. The topological polar surface area (TPSA) is 6.48 Å². The molecule has 0 N–H and O–H groups in total. The molecule has 4 unspecified atom stereocenters. The lowest BCUT2D eigenvalue weighted by Gasteiger charge is -2.42. The minimum Gasteiger partial charge on any atom is -0.341 e. The van der Waals surface area contributed by atoms with Crippen LogP contribution >= 0.6 is 11.3 Å². The maximum atomic E-state index is 2.73. The van der Waals surface area contributed by atoms with Crippen molar-refractivity contribution in [2.45, 2.75) is 57.0 Å². The Kier molecular flexibility index (Phi) is 5.86. The fraction of sp³-hybridized carbons (Fsp3) is 0.263. The molecule has 0 bridgehead atoms. The van der Waals surface area contributed by atoms with Crippen LogP contribution in [-0.2, 0) is 6.42 Å². The average molecular weight is 553 g/mol. The number of hydrogen-bond acceptors (Lipinski definition) is 3. The van der Waals surface area contributed by atoms with E-state index < -0.39 is 0 Å². The molecule has 2 nitrogen and oxygen atoms in total. The molecule has 4 aliphatic rings. The van der Waals surface area contributed by atoms with Gasteiger partial charge in [-0.15, -0.1) is 11.3 Å². The van der Waals surface area contributed by atoms with Crippen molar-refractivity contribution in [2.24, 2.45) is 5.92 Å². The Bertz CT molecular complexity index is 1740. The lowest BCUT2D eigenvalue weighted by Crippen LogP contribution is -2.42. The molecule has 4 aromatic rings. The van der Waals surface area contributed by atoms with Gasteiger partial charge in [0.25, 0.3) is 0 Å². The predicted octanol–water partition coefficient (Wildman–Crippen LogP) is 10.1. The van der Waals surface area contributed by atoms with Crippen LogP contribution in [0.5, 0.6) is 0 Å². The highest BCUT2D eigenvalue weighted by Gasteiger charge is 2.47. The van der Waals surface area contributed by atoms with Crippen molar-refractivity contribution >= 4 is 38.5 Å². The molecule has 3 heteroatoms. The maximum absolute atomic E-state index is 2.73. The molecule has 41 heavy (non-hydrogen) atoms. The molecular formula is C38H36N2S. The Balaban J connectivity index is 1.20. The molecule has 0 spiro atoms. The number of hydrogen-bond donors (Lipinski definition) is 0. The summed E-state index contributed by atoms with van der Waals surface area (Å²) in [6.07, 6.45) is 18.2. The molecule has 1 aromatic heterocycles. The summed E-state index contributed by atoms with van der Waals surface area (Å²) in [5, 5.41) is 1.48. The van der Waals surface area contributed by atoms with Crippen LogP contribution in [0, 0.1) is 5.92 Å². The number of benzene rings is 3. The van der Waals surface area contributed by atoms with E-state index in [2.05, 4.69) is 139 Å². The first-order chi connectivity index (χ1) is 20.1. The van der Waals surface area contributed by atoms with Crippen LogP contribution in [0.4, 0.5) is 17.1 Å². The second-order valence-corrected chi connectivity index (χ2v) is 13.4. The molecule has 8 rings (SSSR count). The van der Waals surface area contributed by atoms with E-state index in [9.17, 15) is 0 Å². The molecule has 2 heterocycles. The van der Waals surface area contributed by atoms with E-state index >= 15 is 0 Å². The summed E-state index contributed by atoms with van der Waals surface area (Å²) in [7, 11) is 0. The Morgan fingerprint density at radius 3 is 2.46 bits per heavy atom. The minimum atomic E-state index is -0.114. The molecule has 3 aromatic carbocycles. The minimum absolute atomic E-state index is 0.114. The van der Waals surface area contributed by atoms with Crippen molar-refractivity contribution in [1.29, 1.82) is 0 Å². The van der Waals surface area contributed by atoms with Gasteiger partial charge in [0.05, 0.1) is 5.54 Å². The van der Waals surface area contributed by atoms with Crippen molar-refractivity contribution in [3.63, 3.8) is 0 Å². The summed E-state index contributed by atoms with van der Waals surface area (Å²) >= 11 is 2.02. The Labute approximate surface area is 247 Å². The summed E-state index contributed by atoms with van der Waals surface area (Å²) in [4.78, 5) is 6.82. The van der Waals surface area contributed by atoms with Crippen molar-refractivity contribution in [2.75, 3.05) is 9.80 Å². The summed E-state index contributed by atoms with van der Waals surface area (Å²) in [6, 6.07) is 29.8. The summed E-state index contributed by atoms with van der Waals surface area (Å²) in [5.41, 5.74) is 8.42. The number of nitrogens with zero attached hydrogens (tertiary/aromatic N) is 2. The van der Waals surface area contributed by atoms with Gasteiger partial charge in [0, 0.05) is 50.7 Å². The van der Waals surface area contributed by atoms with Crippen molar-refractivity contribution in [3.05, 3.63) is 137 Å². The smallest absolute Gasteiger partial charge is 0.0642 e. The number of allylic oxidation sites excluding steroid dienone is 5. The molecule has 0 saturated carbocycles. The number of thiophene rings is 1. The molecular weight excluding hydrogens is 516 g/mol. The van der Waals surface area contributed by atoms with Gasteiger partial charge in [-0.25, -0.2) is 0 Å². The van der Waals surface area contributed by atoms with Crippen LogP contribution in [0.1, 0.15) is 49.5 Å². The SMILES string of the molecule is CC1c2c(sc3ccccc23)CC2C1C1=C(CCC=C1)N2c1ccc(N(c2ccccc2)C2(C)C=CC=CC2)cc1. The molecule has 1 aliphatic heterocycles. The van der Waals surface area contributed by atoms with Gasteiger partial charge in [-0.3, -0.25) is 0 Å². The quantitative estimate of drug-likeness (QED) is 0.248. The summed E-state index contributed by atoms with van der Waals surface area (Å²) < 4.78 is 1.44. The summed E-state index contributed by atoms with van der Waals surface area (Å²) in [5.74, 6) is 1.04. The van der Waals surface area contributed by atoms with Crippen molar-refractivity contribution in [3.8, 4) is 0 Å². The van der Waals surface area contributed by atoms with Crippen LogP contribution in [0.2, 0.25) is 0 Å². The van der Waals surface area contributed by atoms with Crippen LogP contribution in [0.25, 0.3) is 10.1 Å². The van der Waals surface area contributed by atoms with E-state index in [0.29, 0.717) is 17.9 Å². The van der Waals surface area contributed by atoms with Gasteiger partial charge in [-0.2, -0.15) is 0 Å². The van der Waals surface area contributed by atoms with Crippen LogP contribution in [-0.4, -0.2) is 11.6 Å². The Morgan fingerprint density at radius 1 is 0.878 bits per heavy atom. The number of rotatable bonds is 4. The standard InChI is InChI=1S/C38H36N2S/c1-26-36-30-15-7-9-17-32(30)39(33(36)25-35-37(26)31-16-8-10-18-34(31)41-35)27-19-21-29(22-20-27)40(28-13-5-3-6-14-28)38(2)23-11-4-12-24-38/h3-8,10-16,18-23,26,33,36H,9,17,24-25H2,1-2H3. The fourth-order valence-electron chi connectivity index (χ4n) is 8.07. The van der Waals surface area contributed by atoms with E-state index in [1.807, 2.05) is 11.3 Å². The van der Waals surface area contributed by atoms with Crippen molar-refractivity contribution in [1.82, 2.24) is 0 Å². The van der Waals surface area contributed by atoms with E-state index in [4.69, 9.17) is 0 Å². The number of para-hydroxylation sites is 1. The van der Waals surface area contributed by atoms with E-state index in [1.165, 1.54) is 27.1 Å². The second-order valence-electron chi connectivity index (χ2n) is 12.3. The van der Waals surface area contributed by atoms with Gasteiger partial charge < -0.3 is 9.80 Å². The largest absolute Gasteiger partial charge is 0.341 e. The van der Waals surface area contributed by atoms with Crippen LogP contribution in [0.3, 0.4) is 0 Å². The number of fused-ring (bicyclic) bond motifs is 5. The van der Waals surface area contributed by atoms with Crippen LogP contribution < -0.4 is 9.80 Å². The molecule has 0 amide bonds. The van der Waals surface area contributed by atoms with E-state index in [0.717, 1.165) is 25.7 Å². The van der Waals surface area contributed by atoms with E-state index in [1.54, 1.807) is 21.7 Å². The third-order valence-electron chi connectivity index (χ3n) is 9.82. The molecule has 0 fully saturated rings. The average Bonchev–Trinajstić information content (AvgIpc) is 3.54. The molecule has 204 valence electrons. The zero-order valence-electron chi connectivity index (χ0n) is 23.8. The maximum Gasteiger partial charge on any atom is 0.0642 e. The normalized spacial score (nSPS) is 26.3. The second kappa shape index (κ2) is 9.63. The van der Waals surface area contributed by atoms with Gasteiger partial charge in [0.15, 0.2) is 0 Å². The molecule has 4 atom stereocenters. The summed E-state index contributed by atoms with van der Waals surface area (Å²) in [6.45, 7) is 4.83. The van der Waals surface area contributed by atoms with Crippen LogP contribution in [0.15, 0.2) is 127 Å². The highest BCUT2D eigenvalue weighted by molar-refractivity contribution is 7.19. The molecule has 0 saturated heterocycles. The first-order valence-electron chi connectivity index (χ1n) is 15.1. The van der Waals surface area contributed by atoms with Gasteiger partial charge in [0.1, 0.15) is 0 Å². The van der Waals surface area contributed by atoms with Gasteiger partial charge in [-0.05, 0) is 91.1 Å². The monoisotopic (exact) mass is 552 g/mol. The first kappa shape index (κ1) is 24.9. The zero-order valence-corrected chi connectivity index (χ0v) is 24.6. The van der Waals surface area contributed by atoms with Crippen molar-refractivity contribution < 1.29 is 0 Å². The van der Waals surface area contributed by atoms with E-state index in [-0.39, 0.29) is 5.54 Å². The fourth-order valence-corrected chi connectivity index (χ4v) is 9.43. The highest BCUT2D eigenvalue weighted by Crippen LogP contribution is 2.55. The predicted molar refractivity (Wildman–Crippen MR) is 175 cm³/mol. The third kappa shape index (κ3) is 3.89. The lowest BCUT2D eigenvalue weighted by molar-refractivity contribution is 0.418. The highest BCUT2D eigenvalue weighted by atomic mass is 32.1. The molecule has 0 radical (unpaired) electrons. The Hall–Kier alpha value is -3.82. The third-order valence-corrected chi connectivity index (χ3v) is 11.0. The zero-order chi connectivity index (χ0) is 27.6. The Morgan fingerprint density at radius 2 is 1.66 bits per heavy atom. The van der Waals surface area contributed by atoms with Gasteiger partial charge in [-0.1, -0.05) is 79.8 Å². The lowest BCUT2D eigenvalue weighted by atomic mass is 9.72. The van der Waals surface area contributed by atoms with Gasteiger partial charge >= 0.3 is 0 Å². The van der Waals surface area contributed by atoms with Gasteiger partial charge in [0.2, 0.25) is 0 Å². The number of anilines is 3. The molecule has 3 aliphatic carbocycles.